The second kappa shape index (κ2) is 7.65. The van der Waals surface area contributed by atoms with Crippen molar-refractivity contribution in [3.05, 3.63) is 28.7 Å². The van der Waals surface area contributed by atoms with Gasteiger partial charge in [-0.2, -0.15) is 0 Å². The summed E-state index contributed by atoms with van der Waals surface area (Å²) in [6.45, 7) is 2.69. The van der Waals surface area contributed by atoms with Crippen molar-refractivity contribution in [3.63, 3.8) is 0 Å². The van der Waals surface area contributed by atoms with Gasteiger partial charge in [0.25, 0.3) is 0 Å². The lowest BCUT2D eigenvalue weighted by atomic mass is 9.85. The molecule has 2 N–H and O–H groups in total. The van der Waals surface area contributed by atoms with E-state index in [1.807, 2.05) is 19.1 Å². The van der Waals surface area contributed by atoms with Crippen LogP contribution in [0.5, 0.6) is 0 Å². The number of thioether (sulfide) groups is 1. The monoisotopic (exact) mass is 371 g/mol. The number of hydrogen-bond acceptors (Lipinski definition) is 3. The molecule has 0 aromatic heterocycles. The van der Waals surface area contributed by atoms with Crippen molar-refractivity contribution in [3.8, 4) is 0 Å². The minimum Gasteiger partial charge on any atom is -0.480 e. The van der Waals surface area contributed by atoms with Crippen LogP contribution in [0.4, 0.5) is 0 Å². The van der Waals surface area contributed by atoms with Gasteiger partial charge in [-0.15, -0.1) is 11.8 Å². The summed E-state index contributed by atoms with van der Waals surface area (Å²) in [5.74, 6) is 0.510. The van der Waals surface area contributed by atoms with Gasteiger partial charge in [-0.05, 0) is 55.7 Å². The fourth-order valence-corrected chi connectivity index (χ4v) is 4.82. The molecule has 0 bridgehead atoms. The molecule has 1 aliphatic rings. The number of benzene rings is 1. The molecule has 116 valence electrons. The molecule has 2 atom stereocenters. The number of aliphatic carboxylic acids is 1. The van der Waals surface area contributed by atoms with Gasteiger partial charge in [-0.3, -0.25) is 4.79 Å². The van der Waals surface area contributed by atoms with Crippen molar-refractivity contribution in [2.24, 2.45) is 5.92 Å². The molecule has 5 heteroatoms. The third kappa shape index (κ3) is 4.02. The van der Waals surface area contributed by atoms with Crippen molar-refractivity contribution in [2.45, 2.75) is 43.0 Å². The van der Waals surface area contributed by atoms with E-state index in [4.69, 9.17) is 0 Å². The molecule has 2 unspecified atom stereocenters. The van der Waals surface area contributed by atoms with E-state index in [1.54, 1.807) is 11.8 Å². The van der Waals surface area contributed by atoms with Crippen LogP contribution >= 0.6 is 27.7 Å². The number of carboxylic acid groups (broad SMARTS) is 1. The van der Waals surface area contributed by atoms with Gasteiger partial charge in [0.1, 0.15) is 5.54 Å². The highest BCUT2D eigenvalue weighted by Crippen LogP contribution is 2.39. The Morgan fingerprint density at radius 1 is 1.57 bits per heavy atom. The molecule has 0 radical (unpaired) electrons. The van der Waals surface area contributed by atoms with Crippen LogP contribution in [0.2, 0.25) is 0 Å². The second-order valence-corrected chi connectivity index (χ2v) is 7.57. The maximum atomic E-state index is 11.7. The number of hydrogen-bond donors (Lipinski definition) is 2. The fraction of sp³-hybridized carbons (Fsp3) is 0.562. The van der Waals surface area contributed by atoms with E-state index in [-0.39, 0.29) is 5.92 Å². The predicted molar refractivity (Wildman–Crippen MR) is 90.9 cm³/mol. The van der Waals surface area contributed by atoms with E-state index in [1.165, 1.54) is 4.90 Å². The Morgan fingerprint density at radius 2 is 2.38 bits per heavy atom. The van der Waals surface area contributed by atoms with Crippen LogP contribution in [0.3, 0.4) is 0 Å². The molecule has 1 aliphatic carbocycles. The highest BCUT2D eigenvalue weighted by molar-refractivity contribution is 9.10. The predicted octanol–water partition coefficient (Wildman–Crippen LogP) is 4.16. The summed E-state index contributed by atoms with van der Waals surface area (Å²) >= 11 is 5.28. The van der Waals surface area contributed by atoms with Crippen LogP contribution in [0.15, 0.2) is 33.6 Å². The van der Waals surface area contributed by atoms with E-state index in [9.17, 15) is 9.90 Å². The van der Waals surface area contributed by atoms with E-state index >= 15 is 0 Å². The standard InChI is InChI=1S/C16H22BrNO2S/c1-2-18-16(15(19)20)9-4-5-12(16)8-10-21-14-7-3-6-13(17)11-14/h3,6-7,11-12,18H,2,4-5,8-10H2,1H3,(H,19,20). The second-order valence-electron chi connectivity index (χ2n) is 5.49. The molecule has 1 aromatic carbocycles. The molecule has 1 saturated carbocycles. The van der Waals surface area contributed by atoms with Crippen molar-refractivity contribution < 1.29 is 9.90 Å². The Labute approximate surface area is 139 Å². The number of nitrogens with one attached hydrogen (secondary N) is 1. The number of halogens is 1. The largest absolute Gasteiger partial charge is 0.480 e. The van der Waals surface area contributed by atoms with Gasteiger partial charge in [0.15, 0.2) is 0 Å². The van der Waals surface area contributed by atoms with Gasteiger partial charge in [0.05, 0.1) is 0 Å². The first-order valence-corrected chi connectivity index (χ1v) is 9.23. The number of likely N-dealkylation sites (N-methyl/N-ethyl adjacent to an activating group) is 1. The third-order valence-electron chi connectivity index (χ3n) is 4.23. The summed E-state index contributed by atoms with van der Waals surface area (Å²) < 4.78 is 1.08. The summed E-state index contributed by atoms with van der Waals surface area (Å²) in [4.78, 5) is 13.0. The normalized spacial score (nSPS) is 25.1. The molecule has 0 spiro atoms. The Bertz CT molecular complexity index is 497. The van der Waals surface area contributed by atoms with Crippen molar-refractivity contribution in [2.75, 3.05) is 12.3 Å². The molecule has 0 heterocycles. The molecule has 1 aromatic rings. The molecule has 21 heavy (non-hydrogen) atoms. The van der Waals surface area contributed by atoms with Crippen LogP contribution in [0.1, 0.15) is 32.6 Å². The number of carboxylic acids is 1. The van der Waals surface area contributed by atoms with Crippen molar-refractivity contribution in [1.29, 1.82) is 0 Å². The fourth-order valence-electron chi connectivity index (χ4n) is 3.25. The minimum atomic E-state index is -0.702. The Balaban J connectivity index is 1.93. The first-order valence-electron chi connectivity index (χ1n) is 7.45. The zero-order valence-corrected chi connectivity index (χ0v) is 14.7. The molecule has 2 rings (SSSR count). The summed E-state index contributed by atoms with van der Waals surface area (Å²) in [6.07, 6.45) is 3.71. The quantitative estimate of drug-likeness (QED) is 0.706. The summed E-state index contributed by atoms with van der Waals surface area (Å²) in [5, 5.41) is 12.9. The number of carbonyl (C=O) groups is 1. The van der Waals surface area contributed by atoms with Crippen molar-refractivity contribution >= 4 is 33.7 Å². The van der Waals surface area contributed by atoms with Crippen LogP contribution in [-0.4, -0.2) is 28.9 Å². The van der Waals surface area contributed by atoms with Crippen LogP contribution in [0.25, 0.3) is 0 Å². The van der Waals surface area contributed by atoms with Crippen LogP contribution < -0.4 is 5.32 Å². The maximum absolute atomic E-state index is 11.7. The topological polar surface area (TPSA) is 49.3 Å². The lowest BCUT2D eigenvalue weighted by Gasteiger charge is -2.32. The SMILES string of the molecule is CCNC1(C(=O)O)CCCC1CCSc1cccc(Br)c1. The maximum Gasteiger partial charge on any atom is 0.324 e. The van der Waals surface area contributed by atoms with Crippen LogP contribution in [0, 0.1) is 5.92 Å². The van der Waals surface area contributed by atoms with Gasteiger partial charge >= 0.3 is 5.97 Å². The molecule has 3 nitrogen and oxygen atoms in total. The van der Waals surface area contributed by atoms with Gasteiger partial charge in [-0.25, -0.2) is 0 Å². The van der Waals surface area contributed by atoms with Gasteiger partial charge in [0.2, 0.25) is 0 Å². The smallest absolute Gasteiger partial charge is 0.324 e. The lowest BCUT2D eigenvalue weighted by molar-refractivity contribution is -0.146. The molecule has 0 amide bonds. The van der Waals surface area contributed by atoms with Crippen LogP contribution in [-0.2, 0) is 4.79 Å². The Kier molecular flexibility index (Phi) is 6.14. The minimum absolute atomic E-state index is 0.231. The van der Waals surface area contributed by atoms with E-state index in [0.717, 1.165) is 35.9 Å². The van der Waals surface area contributed by atoms with E-state index in [2.05, 4.69) is 33.4 Å². The summed E-state index contributed by atoms with van der Waals surface area (Å²) in [7, 11) is 0. The molecule has 0 aliphatic heterocycles. The lowest BCUT2D eigenvalue weighted by Crippen LogP contribution is -2.54. The van der Waals surface area contributed by atoms with E-state index < -0.39 is 11.5 Å². The Morgan fingerprint density at radius 3 is 3.05 bits per heavy atom. The molecular weight excluding hydrogens is 350 g/mol. The zero-order chi connectivity index (χ0) is 15.3. The summed E-state index contributed by atoms with van der Waals surface area (Å²) in [5.41, 5.74) is -0.702. The Hall–Kier alpha value is -0.520. The summed E-state index contributed by atoms with van der Waals surface area (Å²) in [6, 6.07) is 8.25. The first-order chi connectivity index (χ1) is 10.1. The van der Waals surface area contributed by atoms with Gasteiger partial charge in [0, 0.05) is 9.37 Å². The number of rotatable bonds is 7. The molecule has 1 fully saturated rings. The highest BCUT2D eigenvalue weighted by Gasteiger charge is 2.48. The van der Waals surface area contributed by atoms with Gasteiger partial charge in [-0.1, -0.05) is 35.3 Å². The van der Waals surface area contributed by atoms with E-state index in [0.29, 0.717) is 6.54 Å². The third-order valence-corrected chi connectivity index (χ3v) is 5.75. The average molecular weight is 372 g/mol. The highest BCUT2D eigenvalue weighted by atomic mass is 79.9. The van der Waals surface area contributed by atoms with Gasteiger partial charge < -0.3 is 10.4 Å². The first kappa shape index (κ1) is 16.8. The molecule has 0 saturated heterocycles. The average Bonchev–Trinajstić information content (AvgIpc) is 2.84. The molecular formula is C16H22BrNO2S. The van der Waals surface area contributed by atoms with Crippen molar-refractivity contribution in [1.82, 2.24) is 5.32 Å². The zero-order valence-electron chi connectivity index (χ0n) is 12.3.